The van der Waals surface area contributed by atoms with Crippen LogP contribution in [0, 0.1) is 11.3 Å². The summed E-state index contributed by atoms with van der Waals surface area (Å²) >= 11 is 1.55. The first kappa shape index (κ1) is 23.0. The first-order valence-corrected chi connectivity index (χ1v) is 12.4. The van der Waals surface area contributed by atoms with Gasteiger partial charge in [0, 0.05) is 35.1 Å². The van der Waals surface area contributed by atoms with E-state index in [1.165, 1.54) is 35.7 Å². The second-order valence-electron chi connectivity index (χ2n) is 8.44. The van der Waals surface area contributed by atoms with Crippen LogP contribution in [0.25, 0.3) is 27.3 Å². The van der Waals surface area contributed by atoms with Gasteiger partial charge in [0.1, 0.15) is 11.6 Å². The molecule has 3 aromatic rings. The van der Waals surface area contributed by atoms with Gasteiger partial charge in [-0.1, -0.05) is 25.1 Å². The van der Waals surface area contributed by atoms with Crippen LogP contribution in [0.5, 0.6) is 0 Å². The van der Waals surface area contributed by atoms with Gasteiger partial charge in [-0.3, -0.25) is 4.79 Å². The average molecular weight is 460 g/mol. The molecular formula is C27H29N3O2S. The molecule has 5 nitrogen and oxygen atoms in total. The van der Waals surface area contributed by atoms with Crippen LogP contribution in [-0.2, 0) is 4.79 Å². The Morgan fingerprint density at radius 1 is 1.15 bits per heavy atom. The molecule has 33 heavy (non-hydrogen) atoms. The number of amides is 1. The van der Waals surface area contributed by atoms with E-state index in [1.807, 2.05) is 25.1 Å². The first-order valence-electron chi connectivity index (χ1n) is 11.5. The molecule has 4 rings (SSSR count). The monoisotopic (exact) mass is 459 g/mol. The molecule has 1 atom stereocenters. The van der Waals surface area contributed by atoms with Crippen molar-refractivity contribution in [1.29, 1.82) is 5.26 Å². The number of anilines is 1. The summed E-state index contributed by atoms with van der Waals surface area (Å²) in [7, 11) is 0. The van der Waals surface area contributed by atoms with E-state index in [9.17, 15) is 15.2 Å². The molecule has 0 saturated carbocycles. The number of thiophene rings is 1. The lowest BCUT2D eigenvalue weighted by Gasteiger charge is -2.29. The van der Waals surface area contributed by atoms with E-state index in [0.717, 1.165) is 28.4 Å². The minimum absolute atomic E-state index is 0.0375. The molecule has 0 bridgehead atoms. The number of rotatable bonds is 7. The van der Waals surface area contributed by atoms with Gasteiger partial charge >= 0.3 is 0 Å². The van der Waals surface area contributed by atoms with Gasteiger partial charge in [-0.15, -0.1) is 11.3 Å². The van der Waals surface area contributed by atoms with Crippen LogP contribution < -0.4 is 10.2 Å². The average Bonchev–Trinajstić information content (AvgIpc) is 3.34. The number of aliphatic hydroxyl groups excluding tert-OH is 1. The van der Waals surface area contributed by atoms with Gasteiger partial charge in [-0.05, 0) is 78.4 Å². The molecule has 1 aliphatic heterocycles. The summed E-state index contributed by atoms with van der Waals surface area (Å²) in [6.45, 7) is 4.25. The number of nitrogens with one attached hydrogen (secondary N) is 1. The first-order chi connectivity index (χ1) is 16.1. The summed E-state index contributed by atoms with van der Waals surface area (Å²) < 4.78 is 0. The molecule has 2 heterocycles. The third kappa shape index (κ3) is 5.62. The topological polar surface area (TPSA) is 76.4 Å². The van der Waals surface area contributed by atoms with Crippen molar-refractivity contribution in [2.75, 3.05) is 24.5 Å². The Morgan fingerprint density at radius 3 is 2.67 bits per heavy atom. The number of carbonyl (C=O) groups excluding carboxylic acids is 1. The van der Waals surface area contributed by atoms with Crippen molar-refractivity contribution in [3.8, 4) is 16.5 Å². The summed E-state index contributed by atoms with van der Waals surface area (Å²) in [4.78, 5) is 16.7. The van der Waals surface area contributed by atoms with Gasteiger partial charge in [-0.25, -0.2) is 0 Å². The fourth-order valence-corrected chi connectivity index (χ4v) is 5.01. The van der Waals surface area contributed by atoms with Gasteiger partial charge in [0.25, 0.3) is 5.91 Å². The van der Waals surface area contributed by atoms with Gasteiger partial charge in [0.15, 0.2) is 0 Å². The Hall–Kier alpha value is -3.14. The van der Waals surface area contributed by atoms with E-state index in [0.29, 0.717) is 6.42 Å². The SMILES string of the molecule is CCC(O)CNC(=O)/C(C#N)=C/c1ccc(-c2ccc3cc(N4CCCCC4)ccc3c2)s1. The zero-order valence-electron chi connectivity index (χ0n) is 18.9. The summed E-state index contributed by atoms with van der Waals surface area (Å²) in [5, 5.41) is 24.1. The fourth-order valence-electron chi connectivity index (χ4n) is 4.06. The number of hydrogen-bond donors (Lipinski definition) is 2. The van der Waals surface area contributed by atoms with Gasteiger partial charge in [0.05, 0.1) is 6.10 Å². The second kappa shape index (κ2) is 10.7. The Bertz CT molecular complexity index is 1200. The lowest BCUT2D eigenvalue weighted by molar-refractivity contribution is -0.117. The third-order valence-corrected chi connectivity index (χ3v) is 7.16. The lowest BCUT2D eigenvalue weighted by Crippen LogP contribution is -2.32. The predicted octanol–water partition coefficient (Wildman–Crippen LogP) is 5.35. The van der Waals surface area contributed by atoms with E-state index in [-0.39, 0.29) is 12.1 Å². The highest BCUT2D eigenvalue weighted by atomic mass is 32.1. The highest BCUT2D eigenvalue weighted by Gasteiger charge is 2.13. The van der Waals surface area contributed by atoms with Crippen molar-refractivity contribution < 1.29 is 9.90 Å². The molecule has 170 valence electrons. The number of benzene rings is 2. The number of aliphatic hydroxyl groups is 1. The van der Waals surface area contributed by atoms with Crippen molar-refractivity contribution in [1.82, 2.24) is 5.32 Å². The molecule has 1 aliphatic rings. The zero-order valence-corrected chi connectivity index (χ0v) is 19.7. The molecular weight excluding hydrogens is 430 g/mol. The Morgan fingerprint density at radius 2 is 1.91 bits per heavy atom. The Balaban J connectivity index is 1.51. The fraction of sp³-hybridized carbons (Fsp3) is 0.333. The third-order valence-electron chi connectivity index (χ3n) is 6.08. The highest BCUT2D eigenvalue weighted by Crippen LogP contribution is 2.33. The molecule has 2 N–H and O–H groups in total. The molecule has 0 aliphatic carbocycles. The number of hydrogen-bond acceptors (Lipinski definition) is 5. The van der Waals surface area contributed by atoms with Crippen molar-refractivity contribution in [3.63, 3.8) is 0 Å². The largest absolute Gasteiger partial charge is 0.391 e. The normalized spacial score (nSPS) is 15.3. The van der Waals surface area contributed by atoms with Gasteiger partial charge in [-0.2, -0.15) is 5.26 Å². The van der Waals surface area contributed by atoms with Gasteiger partial charge in [0.2, 0.25) is 0 Å². The summed E-state index contributed by atoms with van der Waals surface area (Å²) in [5.41, 5.74) is 2.45. The number of fused-ring (bicyclic) bond motifs is 1. The molecule has 0 radical (unpaired) electrons. The minimum atomic E-state index is -0.605. The van der Waals surface area contributed by atoms with E-state index in [2.05, 4.69) is 46.6 Å². The molecule has 0 spiro atoms. The predicted molar refractivity (Wildman–Crippen MR) is 136 cm³/mol. The van der Waals surface area contributed by atoms with Crippen molar-refractivity contribution in [3.05, 3.63) is 59.0 Å². The molecule has 1 fully saturated rings. The van der Waals surface area contributed by atoms with E-state index in [4.69, 9.17) is 0 Å². The molecule has 1 unspecified atom stereocenters. The van der Waals surface area contributed by atoms with E-state index in [1.54, 1.807) is 17.4 Å². The maximum atomic E-state index is 12.3. The van der Waals surface area contributed by atoms with Crippen LogP contribution in [0.2, 0.25) is 0 Å². The van der Waals surface area contributed by atoms with Crippen LogP contribution >= 0.6 is 11.3 Å². The second-order valence-corrected chi connectivity index (χ2v) is 9.55. The van der Waals surface area contributed by atoms with Crippen LogP contribution in [0.4, 0.5) is 5.69 Å². The van der Waals surface area contributed by atoms with Crippen LogP contribution in [0.15, 0.2) is 54.1 Å². The Kier molecular flexibility index (Phi) is 7.43. The minimum Gasteiger partial charge on any atom is -0.391 e. The standard InChI is InChI=1S/C27H29N3O2S/c1-2-24(31)18-29-27(32)22(17-28)16-25-10-11-26(33-25)21-7-6-20-15-23(9-8-19(20)14-21)30-12-4-3-5-13-30/h6-11,14-16,24,31H,2-5,12-13,18H2,1H3,(H,29,32)/b22-16+. The van der Waals surface area contributed by atoms with Crippen LogP contribution in [0.3, 0.4) is 0 Å². The highest BCUT2D eigenvalue weighted by molar-refractivity contribution is 7.16. The smallest absolute Gasteiger partial charge is 0.262 e. The van der Waals surface area contributed by atoms with E-state index < -0.39 is 12.0 Å². The number of nitriles is 1. The number of piperidine rings is 1. The maximum absolute atomic E-state index is 12.3. The molecule has 6 heteroatoms. The van der Waals surface area contributed by atoms with E-state index >= 15 is 0 Å². The zero-order chi connectivity index (χ0) is 23.2. The van der Waals surface area contributed by atoms with Gasteiger partial charge < -0.3 is 15.3 Å². The summed E-state index contributed by atoms with van der Waals surface area (Å²) in [5.74, 6) is -0.463. The lowest BCUT2D eigenvalue weighted by atomic mass is 10.0. The summed E-state index contributed by atoms with van der Waals surface area (Å²) in [6, 6.07) is 19.1. The van der Waals surface area contributed by atoms with Crippen LogP contribution in [-0.4, -0.2) is 36.8 Å². The van der Waals surface area contributed by atoms with Crippen LogP contribution in [0.1, 0.15) is 37.5 Å². The van der Waals surface area contributed by atoms with Crippen molar-refractivity contribution in [2.45, 2.75) is 38.7 Å². The van der Waals surface area contributed by atoms with Crippen molar-refractivity contribution >= 4 is 39.8 Å². The number of carbonyl (C=O) groups is 1. The summed E-state index contributed by atoms with van der Waals surface area (Å²) in [6.07, 6.45) is 5.41. The Labute approximate surface area is 199 Å². The molecule has 1 saturated heterocycles. The molecule has 1 amide bonds. The number of nitrogens with zero attached hydrogens (tertiary/aromatic N) is 2. The van der Waals surface area contributed by atoms with Crippen molar-refractivity contribution in [2.24, 2.45) is 0 Å². The quantitative estimate of drug-likeness (QED) is 0.369. The molecule has 2 aromatic carbocycles. The molecule has 1 aromatic heterocycles. The maximum Gasteiger partial charge on any atom is 0.262 e.